The molecule has 5 atom stereocenters. The number of carbonyl (C=O) groups excluding carboxylic acids is 4. The highest BCUT2D eigenvalue weighted by Crippen LogP contribution is 2.33. The average Bonchev–Trinajstić information content (AvgIpc) is 2.65. The zero-order valence-corrected chi connectivity index (χ0v) is 18.1. The van der Waals surface area contributed by atoms with Crippen molar-refractivity contribution in [2.24, 2.45) is 0 Å². The Bertz CT molecular complexity index is 874. The fourth-order valence-electron chi connectivity index (χ4n) is 3.08. The van der Waals surface area contributed by atoms with Gasteiger partial charge in [-0.05, 0) is 18.2 Å². The van der Waals surface area contributed by atoms with Gasteiger partial charge in [0.15, 0.2) is 12.2 Å². The Hall–Kier alpha value is -3.54. The third-order valence-electron chi connectivity index (χ3n) is 4.23. The molecule has 2 rings (SSSR count). The Labute approximate surface area is 184 Å². The van der Waals surface area contributed by atoms with E-state index in [1.54, 1.807) is 0 Å². The fourth-order valence-corrected chi connectivity index (χ4v) is 3.08. The number of rotatable bonds is 7. The highest BCUT2D eigenvalue weighted by Gasteiger charge is 2.53. The molecule has 0 aliphatic carbocycles. The van der Waals surface area contributed by atoms with Crippen LogP contribution >= 0.6 is 0 Å². The largest absolute Gasteiger partial charge is 0.463 e. The van der Waals surface area contributed by atoms with Crippen LogP contribution in [-0.4, -0.2) is 61.2 Å². The molecule has 4 N–H and O–H groups in total. The zero-order chi connectivity index (χ0) is 24.0. The van der Waals surface area contributed by atoms with Gasteiger partial charge >= 0.3 is 23.9 Å². The molecule has 5 unspecified atom stereocenters. The number of esters is 4. The predicted octanol–water partition coefficient (Wildman–Crippen LogP) is 0.313. The molecule has 0 saturated carbocycles. The smallest absolute Gasteiger partial charge is 0.303 e. The second kappa shape index (κ2) is 10.7. The van der Waals surface area contributed by atoms with Crippen LogP contribution in [-0.2, 0) is 42.9 Å². The molecule has 0 bridgehead atoms. The van der Waals surface area contributed by atoms with Crippen LogP contribution in [0.1, 0.15) is 27.7 Å². The first-order valence-corrected chi connectivity index (χ1v) is 9.60. The summed E-state index contributed by atoms with van der Waals surface area (Å²) in [6, 6.07) is 4.44. The van der Waals surface area contributed by atoms with E-state index in [0.29, 0.717) is 5.69 Å². The van der Waals surface area contributed by atoms with Gasteiger partial charge in [0.05, 0.1) is 5.69 Å². The van der Waals surface area contributed by atoms with Gasteiger partial charge in [0.25, 0.3) is 0 Å². The third-order valence-corrected chi connectivity index (χ3v) is 4.23. The maximum Gasteiger partial charge on any atom is 0.303 e. The van der Waals surface area contributed by atoms with Crippen molar-refractivity contribution < 1.29 is 47.6 Å². The molecule has 1 heterocycles. The van der Waals surface area contributed by atoms with E-state index in [2.05, 4.69) is 0 Å². The lowest BCUT2D eigenvalue weighted by Crippen LogP contribution is -2.63. The van der Waals surface area contributed by atoms with Gasteiger partial charge in [0.2, 0.25) is 12.4 Å². The normalized spacial score (nSPS) is 24.7. The third kappa shape index (κ3) is 6.74. The van der Waals surface area contributed by atoms with E-state index in [0.717, 1.165) is 20.8 Å². The van der Waals surface area contributed by atoms with Crippen molar-refractivity contribution in [1.82, 2.24) is 0 Å². The first kappa shape index (κ1) is 24.7. The molecule has 1 fully saturated rings. The van der Waals surface area contributed by atoms with Gasteiger partial charge in [-0.1, -0.05) is 0 Å². The lowest BCUT2D eigenvalue weighted by atomic mass is 9.98. The minimum atomic E-state index is -1.37. The number of carbonyl (C=O) groups is 4. The van der Waals surface area contributed by atoms with Gasteiger partial charge in [-0.15, -0.1) is 0 Å². The standard InChI is InChI=1S/C20H26N2O10/c1-9(23)27-8-16-17(28-10(2)24)18(29-11(3)25)19(30-12(4)26)20(32-16)31-15-6-5-13(21)7-14(15)22/h5-7,16-20H,8,21-22H2,1-4H3. The van der Waals surface area contributed by atoms with Crippen LogP contribution in [0.5, 0.6) is 5.75 Å². The monoisotopic (exact) mass is 454 g/mol. The molecule has 12 heteroatoms. The van der Waals surface area contributed by atoms with E-state index in [4.69, 9.17) is 39.9 Å². The highest BCUT2D eigenvalue weighted by molar-refractivity contribution is 5.69. The number of hydrogen-bond acceptors (Lipinski definition) is 12. The molecule has 1 aliphatic heterocycles. The number of benzene rings is 1. The number of nitrogens with two attached hydrogens (primary N) is 2. The van der Waals surface area contributed by atoms with Gasteiger partial charge in [-0.2, -0.15) is 0 Å². The maximum absolute atomic E-state index is 11.8. The van der Waals surface area contributed by atoms with Crippen molar-refractivity contribution in [2.75, 3.05) is 18.1 Å². The van der Waals surface area contributed by atoms with Crippen LogP contribution in [0, 0.1) is 0 Å². The first-order valence-electron chi connectivity index (χ1n) is 9.60. The van der Waals surface area contributed by atoms with Crippen molar-refractivity contribution >= 4 is 35.3 Å². The summed E-state index contributed by atoms with van der Waals surface area (Å²) in [5.41, 5.74) is 12.2. The van der Waals surface area contributed by atoms with E-state index in [1.807, 2.05) is 0 Å². The Kier molecular flexibility index (Phi) is 8.24. The topological polar surface area (TPSA) is 176 Å². The Morgan fingerprint density at radius 3 is 1.94 bits per heavy atom. The van der Waals surface area contributed by atoms with Gasteiger partial charge in [-0.3, -0.25) is 19.2 Å². The van der Waals surface area contributed by atoms with Crippen LogP contribution in [0.2, 0.25) is 0 Å². The lowest BCUT2D eigenvalue weighted by molar-refractivity contribution is -0.288. The Balaban J connectivity index is 2.47. The van der Waals surface area contributed by atoms with E-state index in [1.165, 1.54) is 25.1 Å². The summed E-state index contributed by atoms with van der Waals surface area (Å²) in [6.07, 6.45) is -6.47. The summed E-state index contributed by atoms with van der Waals surface area (Å²) in [5, 5.41) is 0. The fraction of sp³-hybridized carbons (Fsp3) is 0.500. The second-order valence-corrected chi connectivity index (χ2v) is 6.98. The zero-order valence-electron chi connectivity index (χ0n) is 18.1. The van der Waals surface area contributed by atoms with E-state index in [9.17, 15) is 19.2 Å². The van der Waals surface area contributed by atoms with Crippen LogP contribution in [0.25, 0.3) is 0 Å². The van der Waals surface area contributed by atoms with Crippen molar-refractivity contribution in [2.45, 2.75) is 58.4 Å². The molecule has 0 amide bonds. The SMILES string of the molecule is CC(=O)OCC1OC(Oc2ccc(N)cc2N)C(OC(C)=O)C(OC(C)=O)C1OC(C)=O. The molecular formula is C20H26N2O10. The van der Waals surface area contributed by atoms with Crippen LogP contribution < -0.4 is 16.2 Å². The summed E-state index contributed by atoms with van der Waals surface area (Å²) >= 11 is 0. The molecule has 176 valence electrons. The number of nitrogen functional groups attached to an aromatic ring is 2. The Morgan fingerprint density at radius 2 is 1.41 bits per heavy atom. The number of anilines is 2. The second-order valence-electron chi connectivity index (χ2n) is 6.98. The molecule has 32 heavy (non-hydrogen) atoms. The van der Waals surface area contributed by atoms with Gasteiger partial charge in [0.1, 0.15) is 18.5 Å². The van der Waals surface area contributed by atoms with Crippen molar-refractivity contribution in [1.29, 1.82) is 0 Å². The summed E-state index contributed by atoms with van der Waals surface area (Å²) in [7, 11) is 0. The number of hydrogen-bond donors (Lipinski definition) is 2. The summed E-state index contributed by atoms with van der Waals surface area (Å²) in [5.74, 6) is -2.70. The molecule has 0 aromatic heterocycles. The molecule has 1 aliphatic rings. The molecule has 1 saturated heterocycles. The van der Waals surface area contributed by atoms with Gasteiger partial charge in [0, 0.05) is 33.4 Å². The van der Waals surface area contributed by atoms with Gasteiger partial charge in [-0.25, -0.2) is 0 Å². The van der Waals surface area contributed by atoms with E-state index in [-0.39, 0.29) is 18.0 Å². The van der Waals surface area contributed by atoms with E-state index < -0.39 is 54.6 Å². The summed E-state index contributed by atoms with van der Waals surface area (Å²) < 4.78 is 32.6. The molecule has 12 nitrogen and oxygen atoms in total. The predicted molar refractivity (Wildman–Crippen MR) is 108 cm³/mol. The van der Waals surface area contributed by atoms with Crippen molar-refractivity contribution in [3.05, 3.63) is 18.2 Å². The van der Waals surface area contributed by atoms with Crippen molar-refractivity contribution in [3.8, 4) is 5.75 Å². The minimum Gasteiger partial charge on any atom is -0.463 e. The summed E-state index contributed by atoms with van der Waals surface area (Å²) in [6.45, 7) is 4.20. The summed E-state index contributed by atoms with van der Waals surface area (Å²) in [4.78, 5) is 46.6. The Morgan fingerprint density at radius 1 is 0.844 bits per heavy atom. The molecule has 0 radical (unpaired) electrons. The molecule has 1 aromatic carbocycles. The number of ether oxygens (including phenoxy) is 6. The van der Waals surface area contributed by atoms with Crippen LogP contribution in [0.4, 0.5) is 11.4 Å². The lowest BCUT2D eigenvalue weighted by Gasteiger charge is -2.44. The first-order chi connectivity index (χ1) is 15.0. The molecule has 0 spiro atoms. The van der Waals surface area contributed by atoms with Crippen molar-refractivity contribution in [3.63, 3.8) is 0 Å². The molecular weight excluding hydrogens is 428 g/mol. The average molecular weight is 454 g/mol. The van der Waals surface area contributed by atoms with Gasteiger partial charge < -0.3 is 39.9 Å². The highest BCUT2D eigenvalue weighted by atomic mass is 16.7. The maximum atomic E-state index is 11.8. The minimum absolute atomic E-state index is 0.139. The molecule has 1 aromatic rings. The van der Waals surface area contributed by atoms with Crippen LogP contribution in [0.3, 0.4) is 0 Å². The quantitative estimate of drug-likeness (QED) is 0.328. The van der Waals surface area contributed by atoms with E-state index >= 15 is 0 Å². The van der Waals surface area contributed by atoms with Crippen LogP contribution in [0.15, 0.2) is 18.2 Å².